The molecule has 1 aliphatic rings. The largest absolute Gasteiger partial charge is 0.396 e. The molecule has 0 saturated carbocycles. The Morgan fingerprint density at radius 1 is 1.50 bits per heavy atom. The third kappa shape index (κ3) is 1.18. The molecule has 1 fully saturated rings. The van der Waals surface area contributed by atoms with E-state index in [1.54, 1.807) is 0 Å². The highest BCUT2D eigenvalue weighted by molar-refractivity contribution is 5.01. The van der Waals surface area contributed by atoms with E-state index in [-0.39, 0.29) is 17.6 Å². The van der Waals surface area contributed by atoms with E-state index in [0.717, 1.165) is 13.0 Å². The van der Waals surface area contributed by atoms with Crippen LogP contribution in [0.4, 0.5) is 0 Å². The van der Waals surface area contributed by atoms with E-state index in [0.29, 0.717) is 0 Å². The van der Waals surface area contributed by atoms with Crippen LogP contribution < -0.4 is 0 Å². The van der Waals surface area contributed by atoms with E-state index >= 15 is 0 Å². The van der Waals surface area contributed by atoms with Gasteiger partial charge in [0.2, 0.25) is 0 Å². The number of hydrogen-bond donors (Lipinski definition) is 1. The maximum absolute atomic E-state index is 8.73. The van der Waals surface area contributed by atoms with Gasteiger partial charge in [-0.3, -0.25) is 0 Å². The van der Waals surface area contributed by atoms with E-state index in [1.807, 2.05) is 0 Å². The van der Waals surface area contributed by atoms with Crippen LogP contribution in [0.25, 0.3) is 0 Å². The molecule has 60 valence electrons. The summed E-state index contributed by atoms with van der Waals surface area (Å²) in [6.45, 7) is 7.50. The SMILES string of the molecule is CC(C)(C)[C@@]1(CCO)CO1. The second-order valence-corrected chi connectivity index (χ2v) is 4.01. The van der Waals surface area contributed by atoms with Crippen LogP contribution in [-0.4, -0.2) is 23.9 Å². The summed E-state index contributed by atoms with van der Waals surface area (Å²) in [6, 6.07) is 0. The van der Waals surface area contributed by atoms with Gasteiger partial charge in [0, 0.05) is 13.0 Å². The molecule has 0 aromatic rings. The van der Waals surface area contributed by atoms with Crippen molar-refractivity contribution in [2.24, 2.45) is 5.41 Å². The van der Waals surface area contributed by atoms with Gasteiger partial charge < -0.3 is 9.84 Å². The summed E-state index contributed by atoms with van der Waals surface area (Å²) in [7, 11) is 0. The molecule has 0 aromatic carbocycles. The number of aliphatic hydroxyl groups is 1. The van der Waals surface area contributed by atoms with Gasteiger partial charge in [0.1, 0.15) is 0 Å². The molecule has 0 spiro atoms. The summed E-state index contributed by atoms with van der Waals surface area (Å²) in [6.07, 6.45) is 0.774. The van der Waals surface area contributed by atoms with Crippen LogP contribution in [0.1, 0.15) is 27.2 Å². The van der Waals surface area contributed by atoms with Gasteiger partial charge in [0.25, 0.3) is 0 Å². The van der Waals surface area contributed by atoms with Crippen molar-refractivity contribution in [2.75, 3.05) is 13.2 Å². The number of aliphatic hydroxyl groups excluding tert-OH is 1. The van der Waals surface area contributed by atoms with Crippen molar-refractivity contribution in [1.29, 1.82) is 0 Å². The Bertz CT molecular complexity index is 120. The van der Waals surface area contributed by atoms with E-state index < -0.39 is 0 Å². The summed E-state index contributed by atoms with van der Waals surface area (Å²) in [4.78, 5) is 0. The smallest absolute Gasteiger partial charge is 0.0986 e. The Labute approximate surface area is 62.2 Å². The second-order valence-electron chi connectivity index (χ2n) is 4.01. The molecule has 0 amide bonds. The van der Waals surface area contributed by atoms with Crippen molar-refractivity contribution in [3.05, 3.63) is 0 Å². The Balaban J connectivity index is 2.52. The van der Waals surface area contributed by atoms with Crippen LogP contribution in [0.3, 0.4) is 0 Å². The van der Waals surface area contributed by atoms with Gasteiger partial charge in [0.05, 0.1) is 12.2 Å². The minimum Gasteiger partial charge on any atom is -0.396 e. The average Bonchev–Trinajstić information content (AvgIpc) is 2.45. The molecule has 1 heterocycles. The molecule has 0 aliphatic carbocycles. The van der Waals surface area contributed by atoms with Gasteiger partial charge in [-0.1, -0.05) is 20.8 Å². The first-order chi connectivity index (χ1) is 4.52. The first-order valence-corrected chi connectivity index (χ1v) is 3.77. The predicted molar refractivity (Wildman–Crippen MR) is 39.8 cm³/mol. The van der Waals surface area contributed by atoms with Crippen molar-refractivity contribution in [1.82, 2.24) is 0 Å². The minimum atomic E-state index is -0.0122. The van der Waals surface area contributed by atoms with Gasteiger partial charge in [-0.2, -0.15) is 0 Å². The fraction of sp³-hybridized carbons (Fsp3) is 1.00. The number of ether oxygens (including phenoxy) is 1. The van der Waals surface area contributed by atoms with E-state index in [2.05, 4.69) is 20.8 Å². The van der Waals surface area contributed by atoms with Crippen molar-refractivity contribution < 1.29 is 9.84 Å². The summed E-state index contributed by atoms with van der Waals surface area (Å²) in [5.41, 5.74) is 0.164. The fourth-order valence-corrected chi connectivity index (χ4v) is 1.22. The average molecular weight is 144 g/mol. The van der Waals surface area contributed by atoms with Crippen molar-refractivity contribution in [3.63, 3.8) is 0 Å². The van der Waals surface area contributed by atoms with Crippen LogP contribution in [0.5, 0.6) is 0 Å². The first-order valence-electron chi connectivity index (χ1n) is 3.77. The lowest BCUT2D eigenvalue weighted by Gasteiger charge is -2.26. The first kappa shape index (κ1) is 8.02. The maximum Gasteiger partial charge on any atom is 0.0986 e. The lowest BCUT2D eigenvalue weighted by Crippen LogP contribution is -2.31. The second kappa shape index (κ2) is 2.21. The molecule has 1 rings (SSSR count). The predicted octanol–water partition coefficient (Wildman–Crippen LogP) is 1.18. The molecular weight excluding hydrogens is 128 g/mol. The third-order valence-electron chi connectivity index (χ3n) is 2.38. The Morgan fingerprint density at radius 3 is 2.10 bits per heavy atom. The quantitative estimate of drug-likeness (QED) is 0.590. The topological polar surface area (TPSA) is 32.8 Å². The standard InChI is InChI=1S/C8H16O2/c1-7(2,3)8(4-5-9)6-10-8/h9H,4-6H2,1-3H3/t8-/m1/s1. The molecular formula is C8H16O2. The Morgan fingerprint density at radius 2 is 2.00 bits per heavy atom. The van der Waals surface area contributed by atoms with Crippen LogP contribution in [0.15, 0.2) is 0 Å². The maximum atomic E-state index is 8.73. The molecule has 1 N–H and O–H groups in total. The van der Waals surface area contributed by atoms with Gasteiger partial charge in [-0.05, 0) is 5.41 Å². The van der Waals surface area contributed by atoms with Gasteiger partial charge >= 0.3 is 0 Å². The van der Waals surface area contributed by atoms with E-state index in [1.165, 1.54) is 0 Å². The van der Waals surface area contributed by atoms with Crippen LogP contribution in [-0.2, 0) is 4.74 Å². The monoisotopic (exact) mass is 144 g/mol. The lowest BCUT2D eigenvalue weighted by atomic mass is 9.79. The van der Waals surface area contributed by atoms with Crippen molar-refractivity contribution in [2.45, 2.75) is 32.8 Å². The molecule has 1 atom stereocenters. The fourth-order valence-electron chi connectivity index (χ4n) is 1.22. The third-order valence-corrected chi connectivity index (χ3v) is 2.38. The summed E-state index contributed by atoms with van der Waals surface area (Å²) < 4.78 is 5.34. The molecule has 0 aromatic heterocycles. The number of epoxide rings is 1. The number of rotatable bonds is 2. The Hall–Kier alpha value is -0.0800. The molecule has 1 saturated heterocycles. The summed E-state index contributed by atoms with van der Waals surface area (Å²) in [5.74, 6) is 0. The number of hydrogen-bond acceptors (Lipinski definition) is 2. The molecule has 10 heavy (non-hydrogen) atoms. The zero-order valence-electron chi connectivity index (χ0n) is 6.98. The highest BCUT2D eigenvalue weighted by Crippen LogP contribution is 2.46. The lowest BCUT2D eigenvalue weighted by molar-refractivity contribution is 0.117. The van der Waals surface area contributed by atoms with E-state index in [4.69, 9.17) is 9.84 Å². The van der Waals surface area contributed by atoms with Crippen molar-refractivity contribution in [3.8, 4) is 0 Å². The highest BCUT2D eigenvalue weighted by Gasteiger charge is 2.53. The van der Waals surface area contributed by atoms with Crippen molar-refractivity contribution >= 4 is 0 Å². The molecule has 2 heteroatoms. The van der Waals surface area contributed by atoms with Gasteiger partial charge in [-0.25, -0.2) is 0 Å². The van der Waals surface area contributed by atoms with Gasteiger partial charge in [-0.15, -0.1) is 0 Å². The van der Waals surface area contributed by atoms with Crippen LogP contribution >= 0.6 is 0 Å². The minimum absolute atomic E-state index is 0.0122. The summed E-state index contributed by atoms with van der Waals surface area (Å²) in [5, 5.41) is 8.73. The van der Waals surface area contributed by atoms with Crippen LogP contribution in [0, 0.1) is 5.41 Å². The highest BCUT2D eigenvalue weighted by atomic mass is 16.6. The zero-order chi connectivity index (χ0) is 7.83. The Kier molecular flexibility index (Phi) is 1.77. The molecule has 2 nitrogen and oxygen atoms in total. The zero-order valence-corrected chi connectivity index (χ0v) is 6.98. The summed E-state index contributed by atoms with van der Waals surface area (Å²) >= 11 is 0. The molecule has 0 bridgehead atoms. The van der Waals surface area contributed by atoms with E-state index in [9.17, 15) is 0 Å². The molecule has 0 radical (unpaired) electrons. The van der Waals surface area contributed by atoms with Crippen LogP contribution in [0.2, 0.25) is 0 Å². The normalized spacial score (nSPS) is 32.4. The van der Waals surface area contributed by atoms with Gasteiger partial charge in [0.15, 0.2) is 0 Å². The molecule has 0 unspecified atom stereocenters. The molecule has 1 aliphatic heterocycles.